The van der Waals surface area contributed by atoms with Gasteiger partial charge in [-0.25, -0.2) is 4.98 Å². The van der Waals surface area contributed by atoms with E-state index in [-0.39, 0.29) is 37.3 Å². The number of carbonyl (C=O) groups excluding carboxylic acids is 2. The second-order valence-electron chi connectivity index (χ2n) is 8.48. The molecular formula is C29H28N4O4. The molecule has 4 rings (SSSR count). The summed E-state index contributed by atoms with van der Waals surface area (Å²) in [6.07, 6.45) is 0.0245. The highest BCUT2D eigenvalue weighted by molar-refractivity contribution is 6.06. The molecule has 0 atom stereocenters. The normalized spacial score (nSPS) is 10.6. The number of hydrogen-bond acceptors (Lipinski definition) is 6. The van der Waals surface area contributed by atoms with Gasteiger partial charge in [0, 0.05) is 22.2 Å². The maximum absolute atomic E-state index is 13.0. The van der Waals surface area contributed by atoms with Crippen LogP contribution in [0.3, 0.4) is 0 Å². The van der Waals surface area contributed by atoms with Crippen molar-refractivity contribution in [3.8, 4) is 5.75 Å². The summed E-state index contributed by atoms with van der Waals surface area (Å²) in [6, 6.07) is 21.5. The van der Waals surface area contributed by atoms with E-state index in [9.17, 15) is 9.59 Å². The number of esters is 1. The predicted octanol–water partition coefficient (Wildman–Crippen LogP) is 4.76. The smallest absolute Gasteiger partial charge is 0.310 e. The number of benzene rings is 3. The van der Waals surface area contributed by atoms with Crippen molar-refractivity contribution in [3.05, 3.63) is 101 Å². The third-order valence-corrected chi connectivity index (χ3v) is 5.78. The van der Waals surface area contributed by atoms with Gasteiger partial charge in [-0.05, 0) is 73.5 Å². The van der Waals surface area contributed by atoms with Gasteiger partial charge in [-0.3, -0.25) is 15.0 Å². The Kier molecular flexibility index (Phi) is 7.78. The minimum atomic E-state index is -0.377. The zero-order chi connectivity index (χ0) is 26.4. The molecule has 0 saturated heterocycles. The molecule has 0 saturated carbocycles. The highest BCUT2D eigenvalue weighted by Gasteiger charge is 2.15. The number of pyridine rings is 1. The molecule has 0 spiro atoms. The van der Waals surface area contributed by atoms with Gasteiger partial charge in [-0.2, -0.15) is 0 Å². The molecule has 8 heteroatoms. The molecule has 8 nitrogen and oxygen atoms in total. The van der Waals surface area contributed by atoms with Gasteiger partial charge >= 0.3 is 5.97 Å². The number of nitrogens with one attached hydrogen (secondary N) is 2. The second-order valence-corrected chi connectivity index (χ2v) is 8.48. The van der Waals surface area contributed by atoms with Crippen LogP contribution in [0.25, 0.3) is 10.9 Å². The Balaban J connectivity index is 1.51. The summed E-state index contributed by atoms with van der Waals surface area (Å²) in [6.45, 7) is 4.29. The molecule has 0 unspecified atom stereocenters. The van der Waals surface area contributed by atoms with Gasteiger partial charge in [-0.1, -0.05) is 24.3 Å². The van der Waals surface area contributed by atoms with E-state index in [1.165, 1.54) is 0 Å². The number of hydrogen-bond donors (Lipinski definition) is 3. The van der Waals surface area contributed by atoms with Crippen LogP contribution >= 0.6 is 0 Å². The first-order valence-electron chi connectivity index (χ1n) is 11.9. The Bertz CT molecular complexity index is 1470. The van der Waals surface area contributed by atoms with Gasteiger partial charge in [0.2, 0.25) is 0 Å². The first-order valence-corrected chi connectivity index (χ1v) is 11.9. The average molecular weight is 497 g/mol. The number of amides is 1. The fraction of sp³-hybridized carbons (Fsp3) is 0.172. The topological polar surface area (TPSA) is 127 Å². The first kappa shape index (κ1) is 25.4. The molecule has 0 aliphatic heterocycles. The molecule has 3 aromatic carbocycles. The van der Waals surface area contributed by atoms with Crippen LogP contribution in [0, 0.1) is 12.3 Å². The maximum atomic E-state index is 13.0. The molecule has 0 aliphatic rings. The zero-order valence-corrected chi connectivity index (χ0v) is 20.7. The lowest BCUT2D eigenvalue weighted by atomic mass is 10.0. The molecule has 188 valence electrons. The zero-order valence-electron chi connectivity index (χ0n) is 20.7. The number of rotatable bonds is 9. The van der Waals surface area contributed by atoms with Crippen molar-refractivity contribution in [2.75, 3.05) is 11.9 Å². The Labute approximate surface area is 214 Å². The largest absolute Gasteiger partial charge is 0.487 e. The van der Waals surface area contributed by atoms with Gasteiger partial charge in [0.25, 0.3) is 5.91 Å². The van der Waals surface area contributed by atoms with E-state index in [2.05, 4.69) is 5.32 Å². The Hall–Kier alpha value is -4.72. The molecule has 0 radical (unpaired) electrons. The molecule has 0 aliphatic carbocycles. The number of nitrogens with two attached hydrogens (primary N) is 1. The van der Waals surface area contributed by atoms with Crippen LogP contribution in [0.5, 0.6) is 5.75 Å². The quantitative estimate of drug-likeness (QED) is 0.174. The molecule has 1 aromatic heterocycles. The lowest BCUT2D eigenvalue weighted by molar-refractivity contribution is -0.142. The minimum Gasteiger partial charge on any atom is -0.487 e. The van der Waals surface area contributed by atoms with Gasteiger partial charge in [-0.15, -0.1) is 0 Å². The fourth-order valence-corrected chi connectivity index (χ4v) is 3.97. The molecular weight excluding hydrogens is 468 g/mol. The summed E-state index contributed by atoms with van der Waals surface area (Å²) in [4.78, 5) is 29.7. The minimum absolute atomic E-state index is 0.00347. The van der Waals surface area contributed by atoms with Crippen molar-refractivity contribution in [2.24, 2.45) is 5.73 Å². The lowest BCUT2D eigenvalue weighted by Gasteiger charge is -2.12. The van der Waals surface area contributed by atoms with E-state index >= 15 is 0 Å². The highest BCUT2D eigenvalue weighted by Crippen LogP contribution is 2.24. The maximum Gasteiger partial charge on any atom is 0.310 e. The number of aryl methyl sites for hydroxylation is 1. The number of anilines is 1. The van der Waals surface area contributed by atoms with Crippen LogP contribution in [-0.2, 0) is 22.6 Å². The van der Waals surface area contributed by atoms with Crippen LogP contribution in [0.1, 0.15) is 39.7 Å². The Morgan fingerprint density at radius 3 is 2.51 bits per heavy atom. The van der Waals surface area contributed by atoms with E-state index in [0.29, 0.717) is 28.1 Å². The van der Waals surface area contributed by atoms with Crippen molar-refractivity contribution < 1.29 is 19.1 Å². The highest BCUT2D eigenvalue weighted by atomic mass is 16.5. The molecule has 37 heavy (non-hydrogen) atoms. The molecule has 0 bridgehead atoms. The number of carbonyl (C=O) groups is 2. The summed E-state index contributed by atoms with van der Waals surface area (Å²) in [7, 11) is 0. The predicted molar refractivity (Wildman–Crippen MR) is 143 cm³/mol. The summed E-state index contributed by atoms with van der Waals surface area (Å²) in [5.74, 6) is -0.0436. The van der Waals surface area contributed by atoms with Crippen molar-refractivity contribution in [1.82, 2.24) is 4.98 Å². The Morgan fingerprint density at radius 1 is 1.03 bits per heavy atom. The van der Waals surface area contributed by atoms with E-state index in [1.54, 1.807) is 55.5 Å². The van der Waals surface area contributed by atoms with Crippen LogP contribution in [-0.4, -0.2) is 29.3 Å². The van der Waals surface area contributed by atoms with Crippen LogP contribution in [0.2, 0.25) is 0 Å². The number of ether oxygens (including phenoxy) is 2. The van der Waals surface area contributed by atoms with Crippen LogP contribution in [0.15, 0.2) is 72.8 Å². The van der Waals surface area contributed by atoms with Crippen molar-refractivity contribution in [1.29, 1.82) is 5.41 Å². The number of fused-ring (bicyclic) bond motifs is 1. The standard InChI is InChI=1S/C29H28N4O4/c1-3-36-27(34)15-20-6-4-5-7-25(20)29(35)33-21-10-13-24-18(2)14-22(32-26(24)16-21)17-37-23-11-8-19(9-12-23)28(30)31/h4-14,16H,3,15,17H2,1-2H3,(H3,30,31)(H,33,35). The Morgan fingerprint density at radius 2 is 1.78 bits per heavy atom. The molecule has 0 fully saturated rings. The molecule has 4 N–H and O–H groups in total. The van der Waals surface area contributed by atoms with Gasteiger partial charge in [0.1, 0.15) is 18.2 Å². The van der Waals surface area contributed by atoms with E-state index in [4.69, 9.17) is 25.6 Å². The van der Waals surface area contributed by atoms with E-state index in [1.807, 2.05) is 31.2 Å². The number of nitrogens with zero attached hydrogens (tertiary/aromatic N) is 1. The van der Waals surface area contributed by atoms with Gasteiger partial charge in [0.05, 0.1) is 24.2 Å². The number of amidine groups is 1. The van der Waals surface area contributed by atoms with Crippen molar-refractivity contribution in [2.45, 2.75) is 26.9 Å². The monoisotopic (exact) mass is 496 g/mol. The SMILES string of the molecule is CCOC(=O)Cc1ccccc1C(=O)Nc1ccc2c(C)cc(COc3ccc(C(=N)N)cc3)nc2c1. The van der Waals surface area contributed by atoms with Crippen LogP contribution < -0.4 is 15.8 Å². The summed E-state index contributed by atoms with van der Waals surface area (Å²) < 4.78 is 10.9. The second kappa shape index (κ2) is 11.3. The molecule has 1 amide bonds. The summed E-state index contributed by atoms with van der Waals surface area (Å²) in [5.41, 5.74) is 10.2. The number of aromatic nitrogens is 1. The molecule has 4 aromatic rings. The first-order chi connectivity index (χ1) is 17.8. The van der Waals surface area contributed by atoms with Crippen molar-refractivity contribution >= 4 is 34.3 Å². The third-order valence-electron chi connectivity index (χ3n) is 5.78. The molecule has 1 heterocycles. The van der Waals surface area contributed by atoms with E-state index < -0.39 is 0 Å². The summed E-state index contributed by atoms with van der Waals surface area (Å²) >= 11 is 0. The van der Waals surface area contributed by atoms with Crippen molar-refractivity contribution in [3.63, 3.8) is 0 Å². The number of nitrogen functional groups attached to an aromatic ring is 1. The van der Waals surface area contributed by atoms with E-state index in [0.717, 1.165) is 22.2 Å². The van der Waals surface area contributed by atoms with Crippen LogP contribution in [0.4, 0.5) is 5.69 Å². The summed E-state index contributed by atoms with van der Waals surface area (Å²) in [5, 5.41) is 11.4. The third kappa shape index (κ3) is 6.29. The lowest BCUT2D eigenvalue weighted by Crippen LogP contribution is -2.17. The average Bonchev–Trinajstić information content (AvgIpc) is 2.88. The van der Waals surface area contributed by atoms with Gasteiger partial charge in [0.15, 0.2) is 0 Å². The van der Waals surface area contributed by atoms with Gasteiger partial charge < -0.3 is 20.5 Å². The fourth-order valence-electron chi connectivity index (χ4n) is 3.97.